The Labute approximate surface area is 169 Å². The van der Waals surface area contributed by atoms with Crippen LogP contribution in [0, 0.1) is 0 Å². The molecule has 1 amide bonds. The van der Waals surface area contributed by atoms with E-state index >= 15 is 0 Å². The highest BCUT2D eigenvalue weighted by atomic mass is 35.5. The minimum Gasteiger partial charge on any atom is -0.378 e. The number of likely N-dealkylation sites (tertiary alicyclic amines) is 1. The lowest BCUT2D eigenvalue weighted by atomic mass is 10.0. The zero-order chi connectivity index (χ0) is 16.9. The molecule has 2 saturated heterocycles. The second-order valence-corrected chi connectivity index (χ2v) is 7.06. The SMILES string of the molecule is CN(C)c1cccc(C2CCCN2CCC(=O)N2CCNCC2)c1.Cl.Cl. The van der Waals surface area contributed by atoms with Gasteiger partial charge in [-0.25, -0.2) is 0 Å². The molecule has 2 heterocycles. The van der Waals surface area contributed by atoms with Gasteiger partial charge in [0.25, 0.3) is 0 Å². The average Bonchev–Trinajstić information content (AvgIpc) is 3.09. The van der Waals surface area contributed by atoms with Gasteiger partial charge in [-0.05, 0) is 37.1 Å². The van der Waals surface area contributed by atoms with Gasteiger partial charge in [0.2, 0.25) is 5.91 Å². The number of carbonyl (C=O) groups is 1. The van der Waals surface area contributed by atoms with Crippen molar-refractivity contribution in [2.75, 3.05) is 58.3 Å². The molecule has 7 heteroatoms. The molecule has 0 aliphatic carbocycles. The monoisotopic (exact) mass is 402 g/mol. The summed E-state index contributed by atoms with van der Waals surface area (Å²) in [5, 5.41) is 3.30. The molecule has 26 heavy (non-hydrogen) atoms. The summed E-state index contributed by atoms with van der Waals surface area (Å²) in [5.41, 5.74) is 2.63. The predicted octanol–water partition coefficient (Wildman–Crippen LogP) is 2.56. The summed E-state index contributed by atoms with van der Waals surface area (Å²) in [6, 6.07) is 9.28. The van der Waals surface area contributed by atoms with E-state index in [4.69, 9.17) is 0 Å². The van der Waals surface area contributed by atoms with Crippen molar-refractivity contribution in [3.63, 3.8) is 0 Å². The number of nitrogens with zero attached hydrogens (tertiary/aromatic N) is 3. The lowest BCUT2D eigenvalue weighted by Gasteiger charge is -2.30. The minimum atomic E-state index is 0. The molecule has 0 bridgehead atoms. The largest absolute Gasteiger partial charge is 0.378 e. The normalized spacial score (nSPS) is 20.2. The predicted molar refractivity (Wildman–Crippen MR) is 113 cm³/mol. The number of amides is 1. The standard InChI is InChI=1S/C19H30N4O.2ClH/c1-21(2)17-6-3-5-16(15-17)18-7-4-11-22(18)12-8-19(24)23-13-9-20-10-14-23;;/h3,5-6,15,18,20H,4,7-14H2,1-2H3;2*1H. The maximum atomic E-state index is 12.4. The van der Waals surface area contributed by atoms with E-state index < -0.39 is 0 Å². The summed E-state index contributed by atoms with van der Waals surface area (Å²) >= 11 is 0. The Hall–Kier alpha value is -1.01. The third-order valence-corrected chi connectivity index (χ3v) is 5.22. The Balaban J connectivity index is 0.00000169. The van der Waals surface area contributed by atoms with Gasteiger partial charge >= 0.3 is 0 Å². The maximum Gasteiger partial charge on any atom is 0.223 e. The Bertz CT molecular complexity index is 564. The molecule has 0 radical (unpaired) electrons. The first kappa shape index (κ1) is 23.0. The lowest BCUT2D eigenvalue weighted by molar-refractivity contribution is -0.132. The van der Waals surface area contributed by atoms with Crippen molar-refractivity contribution in [1.29, 1.82) is 0 Å². The number of benzene rings is 1. The molecule has 3 rings (SSSR count). The van der Waals surface area contributed by atoms with Crippen molar-refractivity contribution in [2.24, 2.45) is 0 Å². The molecular weight excluding hydrogens is 371 g/mol. The van der Waals surface area contributed by atoms with E-state index in [9.17, 15) is 4.79 Å². The quantitative estimate of drug-likeness (QED) is 0.820. The van der Waals surface area contributed by atoms with Crippen molar-refractivity contribution in [3.8, 4) is 0 Å². The number of nitrogens with one attached hydrogen (secondary N) is 1. The number of anilines is 1. The maximum absolute atomic E-state index is 12.4. The van der Waals surface area contributed by atoms with Gasteiger partial charge in [0, 0.05) is 65.0 Å². The van der Waals surface area contributed by atoms with Crippen molar-refractivity contribution in [1.82, 2.24) is 15.1 Å². The first-order valence-electron chi connectivity index (χ1n) is 9.15. The summed E-state index contributed by atoms with van der Waals surface area (Å²) in [6.45, 7) is 5.54. The van der Waals surface area contributed by atoms with Crippen LogP contribution in [0.25, 0.3) is 0 Å². The van der Waals surface area contributed by atoms with Gasteiger partial charge in [0.15, 0.2) is 0 Å². The van der Waals surface area contributed by atoms with E-state index in [1.54, 1.807) is 0 Å². The van der Waals surface area contributed by atoms with E-state index in [1.165, 1.54) is 24.1 Å². The van der Waals surface area contributed by atoms with Gasteiger partial charge < -0.3 is 15.1 Å². The van der Waals surface area contributed by atoms with Crippen LogP contribution < -0.4 is 10.2 Å². The minimum absolute atomic E-state index is 0. The van der Waals surface area contributed by atoms with Crippen molar-refractivity contribution < 1.29 is 4.79 Å². The summed E-state index contributed by atoms with van der Waals surface area (Å²) in [6.07, 6.45) is 3.06. The second kappa shape index (κ2) is 11.0. The number of hydrogen-bond acceptors (Lipinski definition) is 4. The van der Waals surface area contributed by atoms with Crippen molar-refractivity contribution >= 4 is 36.4 Å². The van der Waals surface area contributed by atoms with Crippen LogP contribution >= 0.6 is 24.8 Å². The molecule has 1 aromatic carbocycles. The molecule has 1 atom stereocenters. The number of piperazine rings is 1. The van der Waals surface area contributed by atoms with E-state index in [0.29, 0.717) is 18.4 Å². The number of hydrogen-bond donors (Lipinski definition) is 1. The number of halogens is 2. The van der Waals surface area contributed by atoms with E-state index in [2.05, 4.69) is 53.5 Å². The average molecular weight is 403 g/mol. The lowest BCUT2D eigenvalue weighted by Crippen LogP contribution is -2.47. The van der Waals surface area contributed by atoms with E-state index in [-0.39, 0.29) is 24.8 Å². The van der Waals surface area contributed by atoms with Crippen LogP contribution in [-0.2, 0) is 4.79 Å². The molecule has 1 aromatic rings. The Morgan fingerprint density at radius 1 is 1.19 bits per heavy atom. The highest BCUT2D eigenvalue weighted by Gasteiger charge is 2.27. The molecule has 148 valence electrons. The fourth-order valence-electron chi connectivity index (χ4n) is 3.79. The topological polar surface area (TPSA) is 38.8 Å². The molecule has 5 nitrogen and oxygen atoms in total. The molecule has 0 aromatic heterocycles. The van der Waals surface area contributed by atoms with Crippen LogP contribution in [0.5, 0.6) is 0 Å². The molecule has 2 aliphatic heterocycles. The molecule has 0 saturated carbocycles. The fourth-order valence-corrected chi connectivity index (χ4v) is 3.79. The van der Waals surface area contributed by atoms with Gasteiger partial charge in [-0.2, -0.15) is 0 Å². The van der Waals surface area contributed by atoms with Crippen LogP contribution in [0.3, 0.4) is 0 Å². The van der Waals surface area contributed by atoms with E-state index in [0.717, 1.165) is 39.3 Å². The third kappa shape index (κ3) is 5.74. The van der Waals surface area contributed by atoms with Crippen molar-refractivity contribution in [2.45, 2.75) is 25.3 Å². The van der Waals surface area contributed by atoms with Crippen molar-refractivity contribution in [3.05, 3.63) is 29.8 Å². The zero-order valence-electron chi connectivity index (χ0n) is 15.8. The van der Waals surface area contributed by atoms with Gasteiger partial charge in [0.1, 0.15) is 0 Å². The van der Waals surface area contributed by atoms with Gasteiger partial charge in [-0.3, -0.25) is 9.69 Å². The number of rotatable bonds is 5. The summed E-state index contributed by atoms with van der Waals surface area (Å²) in [5.74, 6) is 0.309. The summed E-state index contributed by atoms with van der Waals surface area (Å²) in [7, 11) is 4.16. The van der Waals surface area contributed by atoms with Crippen LogP contribution in [0.15, 0.2) is 24.3 Å². The van der Waals surface area contributed by atoms with Gasteiger partial charge in [-0.15, -0.1) is 24.8 Å². The van der Waals surface area contributed by atoms with Crippen LogP contribution in [0.4, 0.5) is 5.69 Å². The fraction of sp³-hybridized carbons (Fsp3) is 0.632. The van der Waals surface area contributed by atoms with Gasteiger partial charge in [0.05, 0.1) is 0 Å². The third-order valence-electron chi connectivity index (χ3n) is 5.22. The van der Waals surface area contributed by atoms with Crippen LogP contribution in [-0.4, -0.2) is 69.1 Å². The van der Waals surface area contributed by atoms with Crippen LogP contribution in [0.1, 0.15) is 30.9 Å². The smallest absolute Gasteiger partial charge is 0.223 e. The summed E-state index contributed by atoms with van der Waals surface area (Å²) < 4.78 is 0. The molecule has 2 aliphatic rings. The first-order chi connectivity index (χ1) is 11.6. The molecule has 1 N–H and O–H groups in total. The Kier molecular flexibility index (Phi) is 9.72. The Morgan fingerprint density at radius 2 is 1.92 bits per heavy atom. The van der Waals surface area contributed by atoms with Crippen LogP contribution in [0.2, 0.25) is 0 Å². The van der Waals surface area contributed by atoms with Gasteiger partial charge in [-0.1, -0.05) is 12.1 Å². The zero-order valence-corrected chi connectivity index (χ0v) is 17.5. The first-order valence-corrected chi connectivity index (χ1v) is 9.15. The Morgan fingerprint density at radius 3 is 2.62 bits per heavy atom. The molecule has 2 fully saturated rings. The molecular formula is C19H32Cl2N4O. The molecule has 1 unspecified atom stereocenters. The van der Waals surface area contributed by atoms with E-state index in [1.807, 2.05) is 4.90 Å². The second-order valence-electron chi connectivity index (χ2n) is 7.06. The number of carbonyl (C=O) groups excluding carboxylic acids is 1. The molecule has 0 spiro atoms. The summed E-state index contributed by atoms with van der Waals surface area (Å²) in [4.78, 5) is 19.1. The highest BCUT2D eigenvalue weighted by molar-refractivity contribution is 5.85. The highest BCUT2D eigenvalue weighted by Crippen LogP contribution is 2.33.